The number of nitrogens with zero attached hydrogens (tertiary/aromatic N) is 2. The Balaban J connectivity index is -0.000000120. The van der Waals surface area contributed by atoms with Gasteiger partial charge in [-0.15, -0.1) is 0 Å². The second-order valence-electron chi connectivity index (χ2n) is 39.4. The minimum Gasteiger partial charge on any atom is -1.00 e. The van der Waals surface area contributed by atoms with Crippen molar-refractivity contribution in [2.45, 2.75) is 299 Å². The van der Waals surface area contributed by atoms with Crippen LogP contribution < -0.4 is 228 Å². The fourth-order valence-electron chi connectivity index (χ4n) is 16.9. The topological polar surface area (TPSA) is 388 Å². The van der Waals surface area contributed by atoms with Crippen molar-refractivity contribution in [3.8, 4) is 0 Å². The Bertz CT molecular complexity index is 4500. The van der Waals surface area contributed by atoms with Crippen LogP contribution in [0.3, 0.4) is 0 Å². The molecule has 0 bridgehead atoms. The molecule has 2 aromatic heterocycles. The van der Waals surface area contributed by atoms with Crippen LogP contribution in [-0.2, 0) is 72.2 Å². The van der Waals surface area contributed by atoms with Gasteiger partial charge in [0.05, 0.1) is 19.3 Å². The molecule has 5 aromatic carbocycles. The maximum atomic E-state index is 12.8. The Morgan fingerprint density at radius 1 is 0.378 bits per heavy atom. The van der Waals surface area contributed by atoms with Crippen molar-refractivity contribution in [1.29, 1.82) is 0 Å². The number of aldehydes is 1. The zero-order chi connectivity index (χ0) is 92.8. The number of oxazole rings is 2. The molecule has 4 aliphatic rings. The van der Waals surface area contributed by atoms with E-state index in [-0.39, 0.29) is 336 Å². The summed E-state index contributed by atoms with van der Waals surface area (Å²) >= 11 is 0. The minimum absolute atomic E-state index is 0. The number of halogens is 14. The molecular weight excluding hydrogens is 2660 g/mol. The van der Waals surface area contributed by atoms with Crippen LogP contribution in [0.1, 0.15) is 289 Å². The van der Waals surface area contributed by atoms with Crippen LogP contribution >= 0.6 is 0 Å². The van der Waals surface area contributed by atoms with E-state index in [1.54, 1.807) is 0 Å². The number of esters is 3. The van der Waals surface area contributed by atoms with E-state index in [4.69, 9.17) is 47.7 Å². The predicted octanol–water partition coefficient (Wildman–Crippen LogP) is -21.2. The van der Waals surface area contributed by atoms with Gasteiger partial charge in [-0.25, -0.2) is 29.1 Å². The summed E-state index contributed by atoms with van der Waals surface area (Å²) in [4.78, 5) is 105. The third kappa shape index (κ3) is 62.2. The molecule has 0 spiro atoms. The Morgan fingerprint density at radius 3 is 0.930 bits per heavy atom. The summed E-state index contributed by atoms with van der Waals surface area (Å²) in [6, 6.07) is 43.1. The summed E-state index contributed by atoms with van der Waals surface area (Å²) in [6.45, 7) is 25.4. The first-order valence-electron chi connectivity index (χ1n) is 46.2. The molecule has 6 atom stereocenters. The van der Waals surface area contributed by atoms with Gasteiger partial charge in [0, 0.05) is 50.7 Å². The van der Waals surface area contributed by atoms with Gasteiger partial charge in [0.25, 0.3) is 0 Å². The number of hydrogen-bond donors (Lipinski definition) is 8. The largest absolute Gasteiger partial charge is 1.00 e. The van der Waals surface area contributed by atoms with E-state index in [1.165, 1.54) is 0 Å². The van der Waals surface area contributed by atoms with Crippen molar-refractivity contribution in [2.75, 3.05) is 32.8 Å². The van der Waals surface area contributed by atoms with E-state index >= 15 is 0 Å². The molecule has 143 heavy (non-hydrogen) atoms. The first kappa shape index (κ1) is 153. The maximum absolute atomic E-state index is 12.8. The van der Waals surface area contributed by atoms with Crippen LogP contribution in [-0.4, -0.2) is 135 Å². The zero-order valence-electron chi connectivity index (χ0n) is 89.9. The van der Waals surface area contributed by atoms with Gasteiger partial charge >= 0.3 is 42.3 Å². The second-order valence-corrected chi connectivity index (χ2v) is 39.4. The van der Waals surface area contributed by atoms with Crippen LogP contribution in [0.5, 0.6) is 0 Å². The fourth-order valence-corrected chi connectivity index (χ4v) is 16.9. The van der Waals surface area contributed by atoms with Gasteiger partial charge in [-0.2, -0.15) is 0 Å². The Kier molecular flexibility index (Phi) is 84.3. The molecule has 7 aromatic rings. The SMILES string of the molecule is C.CC(C)(C)OC(=O)NCC1CCC(C[C@@H](C=O)CC(=O)OCc2ccccc2)CC1.CC(C)(C)OC(=O)NCC1CCC(C[C@@H](CO)CC(=O)OCc2ccccc2)CC1.CC(C)(C)OC(=O)NCC1CCC(C[C@H](CC(=O)OCc2ccccc2)C(O)c2nc3ccccc3o2)CC1.CC(C)(C)OC(=O)NCC1CCC(C[C@H](N)C(O)c2nc3ccccc3o2)CC1.[F-].[F-].[F-].[F-].[F-].[F-].[F-].[H-].[H-].[H-].[H-].[H-].[H-].[H-].[I-].[I-].[I-].[I-].[I-].[I-].[I-]. The lowest BCUT2D eigenvalue weighted by atomic mass is 9.76. The van der Waals surface area contributed by atoms with Gasteiger partial charge in [-0.05, 0) is 254 Å². The highest BCUT2D eigenvalue weighted by molar-refractivity contribution is 5.75. The number of nitrogens with one attached hydrogen (secondary N) is 4. The monoisotopic (exact) mass is 2820 g/mol. The summed E-state index contributed by atoms with van der Waals surface area (Å²) in [5, 5.41) is 43.1. The molecule has 2 heterocycles. The normalized spacial score (nSPS) is 18.2. The molecule has 27 nitrogen and oxygen atoms in total. The molecule has 4 amide bonds. The number of aliphatic hydroxyl groups is 3. The number of ether oxygens (including phenoxy) is 7. The number of aliphatic hydroxyl groups excluding tert-OH is 3. The molecule has 838 valence electrons. The number of fused-ring (bicyclic) bond motifs is 2. The lowest BCUT2D eigenvalue weighted by Crippen LogP contribution is -3.00. The van der Waals surface area contributed by atoms with Gasteiger partial charge in [-0.1, -0.05) is 174 Å². The first-order chi connectivity index (χ1) is 60.9. The Hall–Kier alpha value is -5.34. The maximum Gasteiger partial charge on any atom is 0.407 e. The number of carbonyl (C=O) groups excluding carboxylic acids is 8. The summed E-state index contributed by atoms with van der Waals surface area (Å²) in [5.41, 5.74) is 9.78. The lowest BCUT2D eigenvalue weighted by Gasteiger charge is -2.32. The summed E-state index contributed by atoms with van der Waals surface area (Å²) in [7, 11) is 0. The second kappa shape index (κ2) is 78.8. The van der Waals surface area contributed by atoms with Gasteiger partial charge in [0.1, 0.15) is 71.8 Å². The van der Waals surface area contributed by atoms with Gasteiger partial charge < -0.3 is 300 Å². The third-order valence-electron chi connectivity index (χ3n) is 23.6. The molecule has 0 saturated heterocycles. The Morgan fingerprint density at radius 2 is 0.636 bits per heavy atom. The molecular formula is C102H156F7I7N7O20-21. The van der Waals surface area contributed by atoms with E-state index in [0.717, 1.165) is 150 Å². The predicted molar refractivity (Wildman–Crippen MR) is 504 cm³/mol. The van der Waals surface area contributed by atoms with Gasteiger partial charge in [0.15, 0.2) is 11.2 Å². The highest BCUT2D eigenvalue weighted by Crippen LogP contribution is 2.41. The lowest BCUT2D eigenvalue weighted by molar-refractivity contribution is -0.148. The smallest absolute Gasteiger partial charge is 0.407 e. The van der Waals surface area contributed by atoms with E-state index < -0.39 is 40.7 Å². The number of rotatable bonds is 34. The molecule has 0 aliphatic heterocycles. The molecule has 4 fully saturated rings. The number of nitrogens with two attached hydrogens (primary N) is 1. The molecule has 11 rings (SSSR count). The summed E-state index contributed by atoms with van der Waals surface area (Å²) < 4.78 is 48.9. The zero-order valence-corrected chi connectivity index (χ0v) is 98.0. The molecule has 4 saturated carbocycles. The third-order valence-corrected chi connectivity index (χ3v) is 23.6. The van der Waals surface area contributed by atoms with Crippen LogP contribution in [0.15, 0.2) is 148 Å². The van der Waals surface area contributed by atoms with E-state index in [0.29, 0.717) is 96.6 Å². The molecule has 41 heteroatoms. The number of hydrogen-bond acceptors (Lipinski definition) is 23. The number of alkyl carbamates (subject to hydrolysis) is 4. The van der Waals surface area contributed by atoms with Crippen LogP contribution in [0.2, 0.25) is 0 Å². The van der Waals surface area contributed by atoms with E-state index in [1.807, 2.05) is 223 Å². The van der Waals surface area contributed by atoms with E-state index in [2.05, 4.69) is 31.2 Å². The van der Waals surface area contributed by atoms with Crippen molar-refractivity contribution >= 4 is 70.8 Å². The minimum atomic E-state index is -1.02. The van der Waals surface area contributed by atoms with Crippen molar-refractivity contribution in [2.24, 2.45) is 70.8 Å². The molecule has 9 N–H and O–H groups in total. The number of para-hydroxylation sites is 4. The highest BCUT2D eigenvalue weighted by Gasteiger charge is 2.36. The summed E-state index contributed by atoms with van der Waals surface area (Å²) in [6.07, 6.45) is 17.1. The fraction of sp³-hybridized carbons (Fsp3) is 0.608. The van der Waals surface area contributed by atoms with Crippen LogP contribution in [0.25, 0.3) is 22.2 Å². The van der Waals surface area contributed by atoms with Gasteiger partial charge in [-0.3, -0.25) is 14.4 Å². The van der Waals surface area contributed by atoms with E-state index in [9.17, 15) is 53.7 Å². The Labute approximate surface area is 969 Å². The average Bonchev–Trinajstić information content (AvgIpc) is 1.68. The van der Waals surface area contributed by atoms with Crippen molar-refractivity contribution in [3.05, 3.63) is 168 Å². The standard InChI is InChI=1S/C31H40N2O6.C24H37NO5.C24H35NO5.C22H33N3O4.CH4.7FH.7HI.7H/c1-31(2,3)39-30(36)32-19-22-15-13-21(14-16-22)17-24(18-27(34)37-20-23-9-5-4-6-10-23)28(35)29-33-25-11-7-8-12-26(25)38-29;2*1-24(2,3)30-23(28)25-15-19-11-9-18(10-12-19)13-21(16-26)14-22(27)29-17-20-7-5-4-6-8-20;1-22(2,3)29-21(27)24-13-15-10-8-14(9-11-15)12-16(23)19(26)20-25-17-6-4-5-7-18(17)28-20;;;;;;;;;;;;;;;;;;;;;;/h4-12,21-22,24,28,35H,13-20H2,1-3H3,(H,32,36);4-8,18-19,21,26H,9-17H2,1-3H3,(H,25,28);4-8,16,18-19,21H,9-15,17H2,1-3H3,(H,25,28);4-7,14-16,19,26H,8-13,23H2,1-3H3,(H,24,27);1H4;14*1H;;;;;;;/q;;;;;;;;;;;;;;;;;;;7*-1/p-14/t21?,22?,24-,28?;2*18?,19?,21-;14?,15?,16-,19?;;;;;;;;;;;;;;;;;;;;;;/m1110....................../s1. The average molecular weight is 2820 g/mol. The van der Waals surface area contributed by atoms with Crippen molar-refractivity contribution in [1.82, 2.24) is 31.2 Å². The van der Waals surface area contributed by atoms with Crippen molar-refractivity contribution < 1.29 is 306 Å². The van der Waals surface area contributed by atoms with Gasteiger partial charge in [0.2, 0.25) is 11.8 Å². The molecule has 0 radical (unpaired) electrons. The first-order valence-corrected chi connectivity index (χ1v) is 46.2. The molecule has 4 aliphatic carbocycles. The van der Waals surface area contributed by atoms with Crippen LogP contribution in [0.4, 0.5) is 19.2 Å². The number of amides is 4. The molecule has 2 unspecified atom stereocenters. The number of benzene rings is 5. The van der Waals surface area contributed by atoms with Crippen LogP contribution in [0, 0.1) is 65.1 Å². The quantitative estimate of drug-likeness (QED) is 0.00610. The van der Waals surface area contributed by atoms with Crippen molar-refractivity contribution in [3.63, 3.8) is 0 Å². The summed E-state index contributed by atoms with van der Waals surface area (Å²) in [5.74, 6) is 2.29. The highest BCUT2D eigenvalue weighted by atomic mass is 127. The number of aromatic nitrogens is 2. The number of carbonyl (C=O) groups is 8.